The molecule has 0 bridgehead atoms. The van der Waals surface area contributed by atoms with Gasteiger partial charge < -0.3 is 19.1 Å². The van der Waals surface area contributed by atoms with Crippen LogP contribution in [0.25, 0.3) is 0 Å². The summed E-state index contributed by atoms with van der Waals surface area (Å²) in [6.07, 6.45) is 0.892. The SMILES string of the molecule is CCc1ccsc1C(=O)N1CCN(Cc2ccc(OC)c(OC)c2OC)CC1. The van der Waals surface area contributed by atoms with E-state index in [2.05, 4.69) is 17.9 Å². The first kappa shape index (κ1) is 20.5. The number of amides is 1. The van der Waals surface area contributed by atoms with E-state index >= 15 is 0 Å². The molecule has 0 radical (unpaired) electrons. The van der Waals surface area contributed by atoms with Crippen LogP contribution in [0.3, 0.4) is 0 Å². The molecule has 1 fully saturated rings. The Morgan fingerprint density at radius 2 is 1.68 bits per heavy atom. The lowest BCUT2D eigenvalue weighted by atomic mass is 10.1. The fourth-order valence-electron chi connectivity index (χ4n) is 3.58. The predicted octanol–water partition coefficient (Wildman–Crippen LogP) is 3.29. The van der Waals surface area contributed by atoms with Crippen molar-refractivity contribution >= 4 is 17.2 Å². The molecule has 0 aliphatic carbocycles. The summed E-state index contributed by atoms with van der Waals surface area (Å²) >= 11 is 1.54. The van der Waals surface area contributed by atoms with Crippen molar-refractivity contribution in [2.45, 2.75) is 19.9 Å². The number of aryl methyl sites for hydroxylation is 1. The average Bonchev–Trinajstić information content (AvgIpc) is 3.22. The number of thiophene rings is 1. The zero-order chi connectivity index (χ0) is 20.1. The fourth-order valence-corrected chi connectivity index (χ4v) is 4.55. The Bertz CT molecular complexity index is 813. The number of methoxy groups -OCH3 is 3. The lowest BCUT2D eigenvalue weighted by molar-refractivity contribution is 0.0631. The summed E-state index contributed by atoms with van der Waals surface area (Å²) in [5.41, 5.74) is 2.19. The molecule has 6 nitrogen and oxygen atoms in total. The summed E-state index contributed by atoms with van der Waals surface area (Å²) < 4.78 is 16.4. The van der Waals surface area contributed by atoms with Crippen LogP contribution in [0.1, 0.15) is 27.7 Å². The normalized spacial score (nSPS) is 14.8. The predicted molar refractivity (Wildman–Crippen MR) is 111 cm³/mol. The van der Waals surface area contributed by atoms with Crippen LogP contribution in [-0.4, -0.2) is 63.2 Å². The Morgan fingerprint density at radius 1 is 0.964 bits per heavy atom. The quantitative estimate of drug-likeness (QED) is 0.709. The van der Waals surface area contributed by atoms with Crippen LogP contribution in [0.4, 0.5) is 0 Å². The minimum Gasteiger partial charge on any atom is -0.493 e. The molecule has 0 saturated carbocycles. The highest BCUT2D eigenvalue weighted by Gasteiger charge is 2.25. The van der Waals surface area contributed by atoms with Crippen LogP contribution in [-0.2, 0) is 13.0 Å². The lowest BCUT2D eigenvalue weighted by Crippen LogP contribution is -2.48. The summed E-state index contributed by atoms with van der Waals surface area (Å²) in [4.78, 5) is 18.0. The Kier molecular flexibility index (Phi) is 6.80. The maximum absolute atomic E-state index is 12.8. The van der Waals surface area contributed by atoms with Crippen molar-refractivity contribution in [2.75, 3.05) is 47.5 Å². The third-order valence-electron chi connectivity index (χ3n) is 5.16. The van der Waals surface area contributed by atoms with Gasteiger partial charge in [-0.3, -0.25) is 9.69 Å². The summed E-state index contributed by atoms with van der Waals surface area (Å²) in [5.74, 6) is 2.13. The molecule has 1 aliphatic rings. The Hall–Kier alpha value is -2.25. The Morgan fingerprint density at radius 3 is 2.29 bits per heavy atom. The Labute approximate surface area is 170 Å². The molecular formula is C21H28N2O4S. The number of rotatable bonds is 7. The van der Waals surface area contributed by atoms with Gasteiger partial charge in [0, 0.05) is 38.3 Å². The fraction of sp³-hybridized carbons (Fsp3) is 0.476. The van der Waals surface area contributed by atoms with E-state index in [1.807, 2.05) is 22.4 Å². The van der Waals surface area contributed by atoms with Gasteiger partial charge in [-0.1, -0.05) is 13.0 Å². The molecule has 1 saturated heterocycles. The zero-order valence-corrected chi connectivity index (χ0v) is 17.8. The van der Waals surface area contributed by atoms with Crippen LogP contribution in [0, 0.1) is 0 Å². The van der Waals surface area contributed by atoms with Crippen LogP contribution in [0.15, 0.2) is 23.6 Å². The maximum Gasteiger partial charge on any atom is 0.264 e. The third-order valence-corrected chi connectivity index (χ3v) is 6.11. The zero-order valence-electron chi connectivity index (χ0n) is 17.0. The second kappa shape index (κ2) is 9.30. The number of hydrogen-bond acceptors (Lipinski definition) is 6. The number of carbonyl (C=O) groups excluding carboxylic acids is 1. The van der Waals surface area contributed by atoms with Gasteiger partial charge in [-0.15, -0.1) is 11.3 Å². The van der Waals surface area contributed by atoms with Gasteiger partial charge in [-0.25, -0.2) is 0 Å². The number of carbonyl (C=O) groups is 1. The van der Waals surface area contributed by atoms with E-state index in [1.165, 1.54) is 0 Å². The molecule has 0 spiro atoms. The first-order chi connectivity index (χ1) is 13.6. The van der Waals surface area contributed by atoms with Crippen LogP contribution in [0.5, 0.6) is 17.2 Å². The number of benzene rings is 1. The largest absolute Gasteiger partial charge is 0.493 e. The minimum atomic E-state index is 0.162. The van der Waals surface area contributed by atoms with Crippen molar-refractivity contribution in [3.63, 3.8) is 0 Å². The summed E-state index contributed by atoms with van der Waals surface area (Å²) in [6.45, 7) is 5.95. The highest BCUT2D eigenvalue weighted by Crippen LogP contribution is 2.40. The molecule has 3 rings (SSSR count). The van der Waals surface area contributed by atoms with Crippen molar-refractivity contribution in [3.05, 3.63) is 39.6 Å². The first-order valence-electron chi connectivity index (χ1n) is 9.48. The second-order valence-corrected chi connectivity index (χ2v) is 7.61. The molecule has 0 atom stereocenters. The van der Waals surface area contributed by atoms with Crippen molar-refractivity contribution in [1.82, 2.24) is 9.80 Å². The van der Waals surface area contributed by atoms with E-state index in [0.717, 1.165) is 55.1 Å². The number of piperazine rings is 1. The Balaban J connectivity index is 1.65. The number of hydrogen-bond donors (Lipinski definition) is 0. The van der Waals surface area contributed by atoms with Crippen LogP contribution in [0.2, 0.25) is 0 Å². The standard InChI is InChI=1S/C21H28N2O4S/c1-5-15-8-13-28-20(15)21(24)23-11-9-22(10-12-23)14-16-6-7-17(25-2)19(27-4)18(16)26-3/h6-8,13H,5,9-12,14H2,1-4H3. The van der Waals surface area contributed by atoms with Crippen molar-refractivity contribution < 1.29 is 19.0 Å². The van der Waals surface area contributed by atoms with Gasteiger partial charge in [0.25, 0.3) is 5.91 Å². The van der Waals surface area contributed by atoms with Crippen molar-refractivity contribution in [1.29, 1.82) is 0 Å². The number of nitrogens with zero attached hydrogens (tertiary/aromatic N) is 2. The third kappa shape index (κ3) is 4.10. The van der Waals surface area contributed by atoms with Gasteiger partial charge in [0.1, 0.15) is 0 Å². The molecule has 2 aromatic rings. The van der Waals surface area contributed by atoms with E-state index in [-0.39, 0.29) is 5.91 Å². The second-order valence-electron chi connectivity index (χ2n) is 6.69. The van der Waals surface area contributed by atoms with E-state index in [4.69, 9.17) is 14.2 Å². The van der Waals surface area contributed by atoms with Gasteiger partial charge in [-0.2, -0.15) is 0 Å². The smallest absolute Gasteiger partial charge is 0.264 e. The van der Waals surface area contributed by atoms with E-state index in [9.17, 15) is 4.79 Å². The molecule has 152 valence electrons. The van der Waals surface area contributed by atoms with Crippen molar-refractivity contribution in [3.8, 4) is 17.2 Å². The van der Waals surface area contributed by atoms with Gasteiger partial charge in [0.2, 0.25) is 5.75 Å². The summed E-state index contributed by atoms with van der Waals surface area (Å²) in [5, 5.41) is 2.01. The number of ether oxygens (including phenoxy) is 3. The first-order valence-corrected chi connectivity index (χ1v) is 10.4. The molecular weight excluding hydrogens is 376 g/mol. The molecule has 1 aromatic carbocycles. The average molecular weight is 405 g/mol. The monoisotopic (exact) mass is 404 g/mol. The lowest BCUT2D eigenvalue weighted by Gasteiger charge is -2.35. The molecule has 2 heterocycles. The summed E-state index contributed by atoms with van der Waals surface area (Å²) in [7, 11) is 4.87. The summed E-state index contributed by atoms with van der Waals surface area (Å²) in [6, 6.07) is 5.97. The molecule has 0 unspecified atom stereocenters. The van der Waals surface area contributed by atoms with E-state index in [1.54, 1.807) is 32.7 Å². The molecule has 1 aliphatic heterocycles. The van der Waals surface area contributed by atoms with Crippen LogP contribution < -0.4 is 14.2 Å². The van der Waals surface area contributed by atoms with E-state index in [0.29, 0.717) is 17.2 Å². The highest BCUT2D eigenvalue weighted by atomic mass is 32.1. The molecule has 1 aromatic heterocycles. The van der Waals surface area contributed by atoms with E-state index < -0.39 is 0 Å². The molecule has 1 amide bonds. The van der Waals surface area contributed by atoms with Gasteiger partial charge in [0.05, 0.1) is 26.2 Å². The minimum absolute atomic E-state index is 0.162. The van der Waals surface area contributed by atoms with Gasteiger partial charge >= 0.3 is 0 Å². The van der Waals surface area contributed by atoms with Gasteiger partial charge in [-0.05, 0) is 29.5 Å². The highest BCUT2D eigenvalue weighted by molar-refractivity contribution is 7.12. The topological polar surface area (TPSA) is 51.2 Å². The molecule has 28 heavy (non-hydrogen) atoms. The van der Waals surface area contributed by atoms with Crippen LogP contribution >= 0.6 is 11.3 Å². The maximum atomic E-state index is 12.8. The molecule has 0 N–H and O–H groups in total. The molecule has 7 heteroatoms. The van der Waals surface area contributed by atoms with Gasteiger partial charge in [0.15, 0.2) is 11.5 Å². The van der Waals surface area contributed by atoms with Crippen molar-refractivity contribution in [2.24, 2.45) is 0 Å².